The summed E-state index contributed by atoms with van der Waals surface area (Å²) >= 11 is 0. The number of carboxylic acid groups (broad SMARTS) is 1. The number of carboxylic acids is 1. The van der Waals surface area contributed by atoms with Gasteiger partial charge in [-0.3, -0.25) is 4.79 Å². The number of amides is 1. The maximum absolute atomic E-state index is 11.2. The van der Waals surface area contributed by atoms with Crippen molar-refractivity contribution in [1.82, 2.24) is 5.32 Å². The van der Waals surface area contributed by atoms with Gasteiger partial charge in [-0.05, 0) is 5.92 Å². The Morgan fingerprint density at radius 1 is 1.43 bits per heavy atom. The Morgan fingerprint density at radius 2 is 2.00 bits per heavy atom. The monoisotopic (exact) mass is 203 g/mol. The van der Waals surface area contributed by atoms with E-state index in [1.54, 1.807) is 0 Å². The highest BCUT2D eigenvalue weighted by atomic mass is 16.4. The first kappa shape index (κ1) is 12.9. The van der Waals surface area contributed by atoms with E-state index in [1.165, 1.54) is 0 Å². The fourth-order valence-electron chi connectivity index (χ4n) is 0.900. The number of hydrogen-bond donors (Lipinski definition) is 3. The maximum atomic E-state index is 11.2. The van der Waals surface area contributed by atoms with Gasteiger partial charge in [0.05, 0.1) is 6.61 Å². The minimum absolute atomic E-state index is 0.225. The van der Waals surface area contributed by atoms with E-state index in [4.69, 9.17) is 10.2 Å². The summed E-state index contributed by atoms with van der Waals surface area (Å²) in [5.41, 5.74) is 0. The summed E-state index contributed by atoms with van der Waals surface area (Å²) in [6.07, 6.45) is 1.16. The number of aliphatic carboxylic acids is 1. The molecule has 1 amide bonds. The van der Waals surface area contributed by atoms with Gasteiger partial charge in [0.25, 0.3) is 0 Å². The third-order valence-corrected chi connectivity index (χ3v) is 2.05. The quantitative estimate of drug-likeness (QED) is 0.566. The number of carbonyl (C=O) groups is 2. The zero-order valence-corrected chi connectivity index (χ0v) is 8.49. The molecule has 5 heteroatoms. The van der Waals surface area contributed by atoms with E-state index < -0.39 is 18.6 Å². The van der Waals surface area contributed by atoms with Crippen molar-refractivity contribution in [2.45, 2.75) is 32.7 Å². The molecule has 0 heterocycles. The number of rotatable bonds is 6. The summed E-state index contributed by atoms with van der Waals surface area (Å²) in [4.78, 5) is 21.6. The van der Waals surface area contributed by atoms with E-state index in [0.29, 0.717) is 6.42 Å². The molecule has 0 aromatic rings. The highest BCUT2D eigenvalue weighted by Gasteiger charge is 2.19. The molecule has 0 aromatic carbocycles. The van der Waals surface area contributed by atoms with Crippen LogP contribution in [0.3, 0.4) is 0 Å². The lowest BCUT2D eigenvalue weighted by Crippen LogP contribution is -2.43. The number of hydrogen-bond acceptors (Lipinski definition) is 3. The molecule has 0 rings (SSSR count). The minimum Gasteiger partial charge on any atom is -0.480 e. The fraction of sp³-hybridized carbons (Fsp3) is 0.778. The van der Waals surface area contributed by atoms with Crippen LogP contribution in [0.15, 0.2) is 0 Å². The Hall–Kier alpha value is -1.10. The first-order valence-corrected chi connectivity index (χ1v) is 4.64. The summed E-state index contributed by atoms with van der Waals surface area (Å²) < 4.78 is 0. The number of nitrogens with one attached hydrogen (secondary N) is 1. The Bertz CT molecular complexity index is 205. The predicted octanol–water partition coefficient (Wildman–Crippen LogP) is -0.0157. The van der Waals surface area contributed by atoms with Gasteiger partial charge in [-0.2, -0.15) is 0 Å². The van der Waals surface area contributed by atoms with Crippen LogP contribution in [0.1, 0.15) is 26.7 Å². The van der Waals surface area contributed by atoms with Crippen molar-refractivity contribution >= 4 is 11.9 Å². The molecule has 3 N–H and O–H groups in total. The summed E-state index contributed by atoms with van der Waals surface area (Å²) in [6, 6.07) is -1.19. The molecule has 14 heavy (non-hydrogen) atoms. The molecular weight excluding hydrogens is 186 g/mol. The van der Waals surface area contributed by atoms with Crippen molar-refractivity contribution in [3.63, 3.8) is 0 Å². The lowest BCUT2D eigenvalue weighted by Gasteiger charge is -2.13. The molecule has 0 saturated carbocycles. The Balaban J connectivity index is 3.97. The molecule has 0 spiro atoms. The van der Waals surface area contributed by atoms with Crippen molar-refractivity contribution in [1.29, 1.82) is 0 Å². The van der Waals surface area contributed by atoms with E-state index in [2.05, 4.69) is 5.32 Å². The summed E-state index contributed by atoms with van der Waals surface area (Å²) in [5, 5.41) is 19.4. The molecule has 0 aliphatic rings. The third-order valence-electron chi connectivity index (χ3n) is 2.05. The summed E-state index contributed by atoms with van der Waals surface area (Å²) in [5.74, 6) is -1.33. The van der Waals surface area contributed by atoms with Crippen molar-refractivity contribution in [3.05, 3.63) is 0 Å². The smallest absolute Gasteiger partial charge is 0.328 e. The van der Waals surface area contributed by atoms with E-state index in [1.807, 2.05) is 13.8 Å². The van der Waals surface area contributed by atoms with Crippen LogP contribution in [-0.2, 0) is 9.59 Å². The second-order valence-electron chi connectivity index (χ2n) is 3.36. The van der Waals surface area contributed by atoms with Crippen LogP contribution in [-0.4, -0.2) is 34.7 Å². The van der Waals surface area contributed by atoms with Gasteiger partial charge in [-0.15, -0.1) is 0 Å². The molecule has 82 valence electrons. The molecule has 2 atom stereocenters. The third kappa shape index (κ3) is 4.81. The van der Waals surface area contributed by atoms with Crippen LogP contribution in [0.2, 0.25) is 0 Å². The Morgan fingerprint density at radius 3 is 2.36 bits per heavy atom. The van der Waals surface area contributed by atoms with Crippen LogP contribution in [0.4, 0.5) is 0 Å². The molecule has 0 aliphatic heterocycles. The van der Waals surface area contributed by atoms with Gasteiger partial charge in [0.1, 0.15) is 6.04 Å². The zero-order chi connectivity index (χ0) is 11.1. The normalized spacial score (nSPS) is 14.5. The molecule has 0 fully saturated rings. The van der Waals surface area contributed by atoms with Gasteiger partial charge in [0, 0.05) is 6.42 Å². The van der Waals surface area contributed by atoms with Gasteiger partial charge in [-0.25, -0.2) is 4.79 Å². The van der Waals surface area contributed by atoms with Crippen LogP contribution < -0.4 is 5.32 Å². The fourth-order valence-corrected chi connectivity index (χ4v) is 0.900. The highest BCUT2D eigenvalue weighted by Crippen LogP contribution is 2.05. The van der Waals surface area contributed by atoms with Gasteiger partial charge < -0.3 is 15.5 Å². The topological polar surface area (TPSA) is 86.6 Å². The first-order valence-electron chi connectivity index (χ1n) is 4.64. The largest absolute Gasteiger partial charge is 0.480 e. The zero-order valence-electron chi connectivity index (χ0n) is 8.49. The summed E-state index contributed by atoms with van der Waals surface area (Å²) in [6.45, 7) is 3.29. The Labute approximate surface area is 83.1 Å². The molecule has 0 bridgehead atoms. The molecular formula is C9H17NO4. The lowest BCUT2D eigenvalue weighted by molar-refractivity contribution is -0.143. The van der Waals surface area contributed by atoms with Gasteiger partial charge in [0.2, 0.25) is 5.91 Å². The van der Waals surface area contributed by atoms with Crippen molar-refractivity contribution in [2.24, 2.45) is 5.92 Å². The summed E-state index contributed by atoms with van der Waals surface area (Å²) in [7, 11) is 0. The second kappa shape index (κ2) is 6.37. The molecule has 0 radical (unpaired) electrons. The average molecular weight is 203 g/mol. The molecule has 0 aliphatic carbocycles. The number of carbonyl (C=O) groups excluding carboxylic acids is 1. The van der Waals surface area contributed by atoms with E-state index in [0.717, 1.165) is 6.42 Å². The molecule has 2 unspecified atom stereocenters. The van der Waals surface area contributed by atoms with Gasteiger partial charge >= 0.3 is 5.97 Å². The van der Waals surface area contributed by atoms with Crippen LogP contribution >= 0.6 is 0 Å². The minimum atomic E-state index is -1.22. The van der Waals surface area contributed by atoms with Crippen LogP contribution in [0.5, 0.6) is 0 Å². The van der Waals surface area contributed by atoms with E-state index in [-0.39, 0.29) is 11.8 Å². The van der Waals surface area contributed by atoms with Crippen molar-refractivity contribution < 1.29 is 19.8 Å². The van der Waals surface area contributed by atoms with Crippen molar-refractivity contribution in [2.75, 3.05) is 6.61 Å². The van der Waals surface area contributed by atoms with Crippen molar-refractivity contribution in [3.8, 4) is 0 Å². The lowest BCUT2D eigenvalue weighted by atomic mass is 10.0. The first-order chi connectivity index (χ1) is 6.51. The SMILES string of the molecule is CCC(C)CC(=O)NC(CO)C(=O)O. The number of aliphatic hydroxyl groups is 1. The standard InChI is InChI=1S/C9H17NO4/c1-3-6(2)4-8(12)10-7(5-11)9(13)14/h6-7,11H,3-5H2,1-2H3,(H,10,12)(H,13,14). The maximum Gasteiger partial charge on any atom is 0.328 e. The van der Waals surface area contributed by atoms with Gasteiger partial charge in [0.15, 0.2) is 0 Å². The molecule has 5 nitrogen and oxygen atoms in total. The second-order valence-corrected chi connectivity index (χ2v) is 3.36. The predicted molar refractivity (Wildman–Crippen MR) is 50.7 cm³/mol. The van der Waals surface area contributed by atoms with Crippen LogP contribution in [0, 0.1) is 5.92 Å². The van der Waals surface area contributed by atoms with Crippen LogP contribution in [0.25, 0.3) is 0 Å². The van der Waals surface area contributed by atoms with Gasteiger partial charge in [-0.1, -0.05) is 20.3 Å². The van der Waals surface area contributed by atoms with E-state index >= 15 is 0 Å². The number of aliphatic hydroxyl groups excluding tert-OH is 1. The molecule has 0 aromatic heterocycles. The Kier molecular flexibility index (Phi) is 5.87. The van der Waals surface area contributed by atoms with E-state index in [9.17, 15) is 9.59 Å². The highest BCUT2D eigenvalue weighted by molar-refractivity contribution is 5.83. The average Bonchev–Trinajstić information content (AvgIpc) is 2.13. The molecule has 0 saturated heterocycles.